The van der Waals surface area contributed by atoms with Gasteiger partial charge in [-0.3, -0.25) is 10.2 Å². The van der Waals surface area contributed by atoms with Crippen LogP contribution in [0.4, 0.5) is 5.69 Å². The van der Waals surface area contributed by atoms with Crippen molar-refractivity contribution in [3.63, 3.8) is 0 Å². The molecule has 10 heteroatoms. The van der Waals surface area contributed by atoms with Gasteiger partial charge in [0, 0.05) is 47.7 Å². The Bertz CT molecular complexity index is 1440. The van der Waals surface area contributed by atoms with Crippen molar-refractivity contribution in [2.75, 3.05) is 19.8 Å². The first-order valence-electron chi connectivity index (χ1n) is 14.6. The number of hydrogen-bond donors (Lipinski definition) is 3. The Morgan fingerprint density at radius 1 is 1.09 bits per heavy atom. The van der Waals surface area contributed by atoms with Gasteiger partial charge in [-0.1, -0.05) is 91.6 Å². The monoisotopic (exact) mass is 582 g/mol. The Balaban J connectivity index is 1.75. The van der Waals surface area contributed by atoms with Gasteiger partial charge in [-0.2, -0.15) is 0 Å². The predicted octanol–water partition coefficient (Wildman–Crippen LogP) is 6.56. The van der Waals surface area contributed by atoms with E-state index in [-0.39, 0.29) is 24.8 Å². The Morgan fingerprint density at radius 2 is 1.86 bits per heavy atom. The zero-order valence-corrected chi connectivity index (χ0v) is 24.4. The molecule has 2 atom stereocenters. The van der Waals surface area contributed by atoms with Crippen molar-refractivity contribution in [2.24, 2.45) is 10.1 Å². The summed E-state index contributed by atoms with van der Waals surface area (Å²) < 4.78 is 12.2. The van der Waals surface area contributed by atoms with E-state index in [1.165, 1.54) is 0 Å². The maximum atomic E-state index is 14.1. The molecule has 0 bridgehead atoms. The minimum Gasteiger partial charge on any atom is -0.494 e. The highest BCUT2D eigenvalue weighted by molar-refractivity contribution is 6.01. The first kappa shape index (κ1) is 31.3. The summed E-state index contributed by atoms with van der Waals surface area (Å²) in [5.74, 6) is 0.574. The molecule has 0 aromatic heterocycles. The quantitative estimate of drug-likeness (QED) is 0.0577. The van der Waals surface area contributed by atoms with Gasteiger partial charge >= 0.3 is 0 Å². The van der Waals surface area contributed by atoms with Crippen molar-refractivity contribution in [2.45, 2.75) is 50.7 Å². The lowest BCUT2D eigenvalue weighted by molar-refractivity contribution is -0.129. The number of hydrogen-bond acceptors (Lipinski definition) is 7. The molecule has 0 saturated heterocycles. The fourth-order valence-electron chi connectivity index (χ4n) is 4.79. The lowest BCUT2D eigenvalue weighted by Gasteiger charge is -2.30. The third-order valence-electron chi connectivity index (χ3n) is 7.05. The molecule has 1 heterocycles. The van der Waals surface area contributed by atoms with E-state index >= 15 is 0 Å². The number of nitrogens with one attached hydrogen (secondary N) is 2. The van der Waals surface area contributed by atoms with Crippen molar-refractivity contribution in [1.29, 1.82) is 0 Å². The molecular formula is C33H38N6O4. The minimum atomic E-state index is -1.42. The van der Waals surface area contributed by atoms with Crippen LogP contribution in [-0.2, 0) is 9.53 Å². The second kappa shape index (κ2) is 16.1. The summed E-state index contributed by atoms with van der Waals surface area (Å²) in [6.07, 6.45) is 6.75. The highest BCUT2D eigenvalue weighted by Crippen LogP contribution is 2.45. The number of rotatable bonds is 16. The summed E-state index contributed by atoms with van der Waals surface area (Å²) in [4.78, 5) is 22.1. The van der Waals surface area contributed by atoms with E-state index in [0.717, 1.165) is 24.8 Å². The maximum absolute atomic E-state index is 14.1. The summed E-state index contributed by atoms with van der Waals surface area (Å²) in [5, 5.41) is 12.9. The van der Waals surface area contributed by atoms with E-state index in [0.29, 0.717) is 42.1 Å². The molecule has 0 saturated carbocycles. The number of aliphatic hydroxyl groups excluding tert-OH is 1. The van der Waals surface area contributed by atoms with E-state index < -0.39 is 11.6 Å². The first-order valence-corrected chi connectivity index (χ1v) is 14.6. The zero-order valence-electron chi connectivity index (χ0n) is 24.4. The number of hydrazine groups is 1. The molecular weight excluding hydrogens is 544 g/mol. The van der Waals surface area contributed by atoms with Crippen molar-refractivity contribution in [3.8, 4) is 5.75 Å². The number of carbonyl (C=O) groups excluding carboxylic acids is 1. The summed E-state index contributed by atoms with van der Waals surface area (Å²) in [6, 6.07) is 24.1. The van der Waals surface area contributed by atoms with Crippen LogP contribution in [0.15, 0.2) is 95.0 Å². The summed E-state index contributed by atoms with van der Waals surface area (Å²) >= 11 is 0. The van der Waals surface area contributed by atoms with Gasteiger partial charge in [0.2, 0.25) is 5.90 Å². The molecule has 0 aliphatic carbocycles. The molecule has 0 spiro atoms. The van der Waals surface area contributed by atoms with Crippen LogP contribution in [0.1, 0.15) is 61.8 Å². The topological polar surface area (TPSA) is 141 Å². The number of benzene rings is 3. The molecule has 1 amide bonds. The van der Waals surface area contributed by atoms with Crippen molar-refractivity contribution in [1.82, 2.24) is 10.9 Å². The van der Waals surface area contributed by atoms with E-state index in [9.17, 15) is 10.3 Å². The van der Waals surface area contributed by atoms with Gasteiger partial charge < -0.3 is 14.6 Å². The number of azide groups is 1. The molecule has 43 heavy (non-hydrogen) atoms. The lowest BCUT2D eigenvalue weighted by atomic mass is 9.83. The number of aliphatic imine (C=N–C) groups is 1. The van der Waals surface area contributed by atoms with E-state index in [4.69, 9.17) is 19.6 Å². The molecule has 0 fully saturated rings. The second-order valence-electron chi connectivity index (χ2n) is 10.1. The van der Waals surface area contributed by atoms with Gasteiger partial charge in [-0.05, 0) is 41.8 Å². The molecule has 3 N–H and O–H groups in total. The van der Waals surface area contributed by atoms with Crippen LogP contribution >= 0.6 is 0 Å². The van der Waals surface area contributed by atoms with Gasteiger partial charge in [0.25, 0.3) is 5.91 Å². The Kier molecular flexibility index (Phi) is 11.7. The van der Waals surface area contributed by atoms with Gasteiger partial charge in [0.15, 0.2) is 11.6 Å². The van der Waals surface area contributed by atoms with E-state index in [2.05, 4.69) is 27.8 Å². The minimum absolute atomic E-state index is 0.0533. The standard InChI is InChI=1S/C33H38N6O4/c1-2-3-9-22-35-38-32(41)33(21-10-14-25-12-5-4-6-13-25)30(28-15-7-8-16-29(28)37-39-34)43-31(36-33)26-17-19-27(20-18-26)42-24-11-23-40/h4-8,10,12-20,30,35,40H,2-3,9,11,21-24H2,1H3,(H,38,41)/b14-10+/t30-,33-/m0/s1. The average Bonchev–Trinajstić information content (AvgIpc) is 3.43. The number of carbonyl (C=O) groups is 1. The Labute approximate surface area is 252 Å². The molecule has 3 aromatic rings. The van der Waals surface area contributed by atoms with Gasteiger partial charge in [-0.25, -0.2) is 10.4 Å². The molecule has 4 rings (SSSR count). The number of unbranched alkanes of at least 4 members (excludes halogenated alkanes) is 2. The van der Waals surface area contributed by atoms with Gasteiger partial charge in [0.05, 0.1) is 6.61 Å². The van der Waals surface area contributed by atoms with Crippen LogP contribution in [0.3, 0.4) is 0 Å². The highest BCUT2D eigenvalue weighted by atomic mass is 16.5. The number of amides is 1. The van der Waals surface area contributed by atoms with Crippen LogP contribution < -0.4 is 15.6 Å². The third-order valence-corrected chi connectivity index (χ3v) is 7.05. The van der Waals surface area contributed by atoms with Crippen LogP contribution in [0.2, 0.25) is 0 Å². The molecule has 3 aromatic carbocycles. The largest absolute Gasteiger partial charge is 0.494 e. The molecule has 0 unspecified atom stereocenters. The lowest BCUT2D eigenvalue weighted by Crippen LogP contribution is -2.52. The van der Waals surface area contributed by atoms with Crippen LogP contribution in [0, 0.1) is 0 Å². The second-order valence-corrected chi connectivity index (χ2v) is 10.1. The van der Waals surface area contributed by atoms with Crippen molar-refractivity contribution in [3.05, 3.63) is 112 Å². The molecule has 1 aliphatic rings. The van der Waals surface area contributed by atoms with E-state index in [1.54, 1.807) is 30.3 Å². The highest BCUT2D eigenvalue weighted by Gasteiger charge is 2.53. The summed E-state index contributed by atoms with van der Waals surface area (Å²) in [6.45, 7) is 3.19. The Morgan fingerprint density at radius 3 is 2.60 bits per heavy atom. The van der Waals surface area contributed by atoms with Crippen molar-refractivity contribution < 1.29 is 19.4 Å². The van der Waals surface area contributed by atoms with Crippen LogP contribution in [0.5, 0.6) is 5.75 Å². The van der Waals surface area contributed by atoms with Crippen LogP contribution in [0.25, 0.3) is 16.5 Å². The number of ether oxygens (including phenoxy) is 2. The van der Waals surface area contributed by atoms with Crippen LogP contribution in [-0.4, -0.2) is 42.2 Å². The average molecular weight is 583 g/mol. The summed E-state index contributed by atoms with van der Waals surface area (Å²) in [7, 11) is 0. The van der Waals surface area contributed by atoms with Crippen molar-refractivity contribution >= 4 is 23.6 Å². The normalized spacial score (nSPS) is 17.6. The smallest absolute Gasteiger partial charge is 0.266 e. The number of nitrogens with zero attached hydrogens (tertiary/aromatic N) is 4. The number of aliphatic hydroxyl groups is 1. The third kappa shape index (κ3) is 8.23. The molecule has 1 aliphatic heterocycles. The fraction of sp³-hybridized carbons (Fsp3) is 0.333. The molecule has 0 radical (unpaired) electrons. The Hall–Kier alpha value is -4.63. The molecule has 224 valence electrons. The molecule has 10 nitrogen and oxygen atoms in total. The first-order chi connectivity index (χ1) is 21.1. The van der Waals surface area contributed by atoms with Gasteiger partial charge in [0.1, 0.15) is 5.75 Å². The predicted molar refractivity (Wildman–Crippen MR) is 168 cm³/mol. The summed E-state index contributed by atoms with van der Waals surface area (Å²) in [5.41, 5.74) is 16.4. The fourth-order valence-corrected chi connectivity index (χ4v) is 4.79. The zero-order chi connectivity index (χ0) is 30.3. The van der Waals surface area contributed by atoms with E-state index in [1.807, 2.05) is 60.7 Å². The maximum Gasteiger partial charge on any atom is 0.266 e. The van der Waals surface area contributed by atoms with Gasteiger partial charge in [-0.15, -0.1) is 0 Å². The SMILES string of the molecule is CCCCCNNC(=O)[C@@]1(C/C=C/c2ccccc2)N=C(c2ccc(OCCCO)cc2)O[C@H]1c1ccccc1N=[N+]=[N-].